The molecular weight excluding hydrogens is 314 g/mol. The molecule has 0 spiro atoms. The highest BCUT2D eigenvalue weighted by Crippen LogP contribution is 2.13. The molecule has 0 fully saturated rings. The van der Waals surface area contributed by atoms with E-state index in [1.165, 1.54) is 6.42 Å². The molecule has 0 radical (unpaired) electrons. The Balaban J connectivity index is 2.35. The van der Waals surface area contributed by atoms with Gasteiger partial charge in [-0.25, -0.2) is 0 Å². The van der Waals surface area contributed by atoms with Crippen LogP contribution in [0.2, 0.25) is 0 Å². The van der Waals surface area contributed by atoms with Crippen LogP contribution < -0.4 is 0 Å². The van der Waals surface area contributed by atoms with Crippen LogP contribution in [0.4, 0.5) is 0 Å². The molecule has 3 heteroatoms. The summed E-state index contributed by atoms with van der Waals surface area (Å²) in [6, 6.07) is 7.63. The molecule has 2 nitrogen and oxygen atoms in total. The summed E-state index contributed by atoms with van der Waals surface area (Å²) in [5.41, 5.74) is 0.818. The molecule has 0 aliphatic rings. The Labute approximate surface area is 131 Å². The molecule has 0 N–H and O–H groups in total. The van der Waals surface area contributed by atoms with Crippen LogP contribution in [0.5, 0.6) is 0 Å². The van der Waals surface area contributed by atoms with Gasteiger partial charge in [-0.2, -0.15) is 0 Å². The lowest BCUT2D eigenvalue weighted by molar-refractivity contribution is 0.0974. The Morgan fingerprint density at radius 3 is 2.45 bits per heavy atom. The van der Waals surface area contributed by atoms with Crippen LogP contribution in [0.3, 0.4) is 0 Å². The van der Waals surface area contributed by atoms with Gasteiger partial charge < -0.3 is 4.90 Å². The number of halogens is 1. The predicted molar refractivity (Wildman–Crippen MR) is 89.3 cm³/mol. The molecule has 112 valence electrons. The lowest BCUT2D eigenvalue weighted by atomic mass is 10.1. The van der Waals surface area contributed by atoms with Crippen molar-refractivity contribution in [3.63, 3.8) is 0 Å². The molecule has 1 aromatic rings. The lowest BCUT2D eigenvalue weighted by Crippen LogP contribution is -2.29. The first kappa shape index (κ1) is 17.4. The Hall–Kier alpha value is -0.670. The van der Waals surface area contributed by atoms with Gasteiger partial charge in [0.2, 0.25) is 0 Å². The molecule has 0 heterocycles. The highest BCUT2D eigenvalue weighted by Gasteiger charge is 2.09. The monoisotopic (exact) mass is 339 g/mol. The quantitative estimate of drug-likeness (QED) is 0.603. The van der Waals surface area contributed by atoms with Crippen LogP contribution in [0.25, 0.3) is 0 Å². The fraction of sp³-hybridized carbons (Fsp3) is 0.588. The maximum atomic E-state index is 12.1. The predicted octanol–water partition coefficient (Wildman–Crippen LogP) is 4.78. The van der Waals surface area contributed by atoms with Crippen molar-refractivity contribution in [2.45, 2.75) is 40.0 Å². The van der Waals surface area contributed by atoms with E-state index < -0.39 is 0 Å². The van der Waals surface area contributed by atoms with Gasteiger partial charge in [0, 0.05) is 23.0 Å². The van der Waals surface area contributed by atoms with Crippen molar-refractivity contribution in [3.05, 3.63) is 34.3 Å². The summed E-state index contributed by atoms with van der Waals surface area (Å²) in [7, 11) is 0. The fourth-order valence-electron chi connectivity index (χ4n) is 2.19. The van der Waals surface area contributed by atoms with Crippen molar-refractivity contribution in [1.82, 2.24) is 4.90 Å². The first-order valence-corrected chi connectivity index (χ1v) is 8.37. The molecule has 1 atom stereocenters. The van der Waals surface area contributed by atoms with Gasteiger partial charge in [0.15, 0.2) is 5.78 Å². The van der Waals surface area contributed by atoms with Crippen molar-refractivity contribution >= 4 is 21.7 Å². The highest BCUT2D eigenvalue weighted by atomic mass is 79.9. The zero-order valence-corrected chi connectivity index (χ0v) is 14.4. The summed E-state index contributed by atoms with van der Waals surface area (Å²) in [5, 5.41) is 0. The van der Waals surface area contributed by atoms with E-state index in [2.05, 4.69) is 41.6 Å². The van der Waals surface area contributed by atoms with Crippen molar-refractivity contribution in [3.8, 4) is 0 Å². The number of carbonyl (C=O) groups is 1. The maximum Gasteiger partial charge on any atom is 0.162 e. The summed E-state index contributed by atoms with van der Waals surface area (Å²) in [6.45, 7) is 9.93. The summed E-state index contributed by atoms with van der Waals surface area (Å²) in [6.07, 6.45) is 2.80. The number of hydrogen-bond acceptors (Lipinski definition) is 2. The van der Waals surface area contributed by atoms with Crippen LogP contribution >= 0.6 is 15.9 Å². The average Bonchev–Trinajstić information content (AvgIpc) is 2.46. The van der Waals surface area contributed by atoms with E-state index in [0.29, 0.717) is 6.42 Å². The van der Waals surface area contributed by atoms with Crippen LogP contribution in [-0.2, 0) is 0 Å². The Bertz CT molecular complexity index is 402. The molecule has 0 amide bonds. The van der Waals surface area contributed by atoms with E-state index in [1.807, 2.05) is 24.3 Å². The van der Waals surface area contributed by atoms with Gasteiger partial charge in [0.25, 0.3) is 0 Å². The molecular formula is C17H26BrNO. The summed E-state index contributed by atoms with van der Waals surface area (Å²) < 4.78 is 1.01. The molecule has 0 saturated carbocycles. The third kappa shape index (κ3) is 6.19. The van der Waals surface area contributed by atoms with Gasteiger partial charge >= 0.3 is 0 Å². The third-order valence-electron chi connectivity index (χ3n) is 3.76. The Morgan fingerprint density at radius 1 is 1.25 bits per heavy atom. The van der Waals surface area contributed by atoms with Crippen LogP contribution in [0.15, 0.2) is 28.7 Å². The molecule has 20 heavy (non-hydrogen) atoms. The summed E-state index contributed by atoms with van der Waals surface area (Å²) in [4.78, 5) is 14.5. The van der Waals surface area contributed by atoms with E-state index in [9.17, 15) is 4.79 Å². The topological polar surface area (TPSA) is 20.3 Å². The second-order valence-electron chi connectivity index (χ2n) is 5.44. The van der Waals surface area contributed by atoms with Crippen molar-refractivity contribution < 1.29 is 4.79 Å². The SMILES string of the molecule is CCC(C)CN(CC)CCCC(=O)c1ccc(Br)cc1. The largest absolute Gasteiger partial charge is 0.303 e. The first-order valence-electron chi connectivity index (χ1n) is 7.57. The maximum absolute atomic E-state index is 12.1. The minimum atomic E-state index is 0.247. The van der Waals surface area contributed by atoms with Gasteiger partial charge in [-0.15, -0.1) is 0 Å². The molecule has 0 saturated heterocycles. The number of ketones is 1. The van der Waals surface area contributed by atoms with Gasteiger partial charge in [0.1, 0.15) is 0 Å². The van der Waals surface area contributed by atoms with Crippen molar-refractivity contribution in [2.75, 3.05) is 19.6 Å². The summed E-state index contributed by atoms with van der Waals surface area (Å²) >= 11 is 3.39. The molecule has 1 rings (SSSR count). The number of hydrogen-bond donors (Lipinski definition) is 0. The highest BCUT2D eigenvalue weighted by molar-refractivity contribution is 9.10. The zero-order chi connectivity index (χ0) is 15.0. The number of nitrogens with zero attached hydrogens (tertiary/aromatic N) is 1. The van der Waals surface area contributed by atoms with Gasteiger partial charge in [-0.1, -0.05) is 55.3 Å². The lowest BCUT2D eigenvalue weighted by Gasteiger charge is -2.23. The smallest absolute Gasteiger partial charge is 0.162 e. The second kappa shape index (κ2) is 9.30. The second-order valence-corrected chi connectivity index (χ2v) is 6.36. The zero-order valence-electron chi connectivity index (χ0n) is 12.9. The summed E-state index contributed by atoms with van der Waals surface area (Å²) in [5.74, 6) is 0.981. The Morgan fingerprint density at radius 2 is 1.90 bits per heavy atom. The molecule has 1 unspecified atom stereocenters. The standard InChI is InChI=1S/C17H26BrNO/c1-4-14(3)13-19(5-2)12-6-7-17(20)15-8-10-16(18)11-9-15/h8-11,14H,4-7,12-13H2,1-3H3. The van der Waals surface area contributed by atoms with E-state index in [1.54, 1.807) is 0 Å². The molecule has 1 aromatic carbocycles. The van der Waals surface area contributed by atoms with E-state index in [0.717, 1.165) is 42.0 Å². The molecule has 0 aliphatic carbocycles. The number of carbonyl (C=O) groups excluding carboxylic acids is 1. The number of Topliss-reactive ketones (excluding diaryl/α,β-unsaturated/α-hetero) is 1. The van der Waals surface area contributed by atoms with Gasteiger partial charge in [0.05, 0.1) is 0 Å². The van der Waals surface area contributed by atoms with Crippen LogP contribution in [0.1, 0.15) is 50.4 Å². The number of benzene rings is 1. The van der Waals surface area contributed by atoms with Crippen molar-refractivity contribution in [2.24, 2.45) is 5.92 Å². The number of rotatable bonds is 9. The molecule has 0 aromatic heterocycles. The average molecular weight is 340 g/mol. The first-order chi connectivity index (χ1) is 9.56. The molecule has 0 bridgehead atoms. The van der Waals surface area contributed by atoms with Crippen LogP contribution in [0, 0.1) is 5.92 Å². The van der Waals surface area contributed by atoms with Crippen molar-refractivity contribution in [1.29, 1.82) is 0 Å². The minimum Gasteiger partial charge on any atom is -0.303 e. The Kier molecular flexibility index (Phi) is 8.08. The molecule has 0 aliphatic heterocycles. The van der Waals surface area contributed by atoms with E-state index >= 15 is 0 Å². The minimum absolute atomic E-state index is 0.247. The van der Waals surface area contributed by atoms with Gasteiger partial charge in [-0.3, -0.25) is 4.79 Å². The normalized spacial score (nSPS) is 12.7. The third-order valence-corrected chi connectivity index (χ3v) is 4.29. The fourth-order valence-corrected chi connectivity index (χ4v) is 2.46. The van der Waals surface area contributed by atoms with Gasteiger partial charge in [-0.05, 0) is 37.6 Å². The van der Waals surface area contributed by atoms with E-state index in [-0.39, 0.29) is 5.78 Å². The van der Waals surface area contributed by atoms with E-state index in [4.69, 9.17) is 0 Å². The van der Waals surface area contributed by atoms with Crippen LogP contribution in [-0.4, -0.2) is 30.3 Å².